The highest BCUT2D eigenvalue weighted by Crippen LogP contribution is 2.35. The lowest BCUT2D eigenvalue weighted by atomic mass is 10.3. The van der Waals surface area contributed by atoms with Crippen molar-refractivity contribution in [2.24, 2.45) is 0 Å². The summed E-state index contributed by atoms with van der Waals surface area (Å²) in [6.07, 6.45) is 2.93. The van der Waals surface area contributed by atoms with E-state index in [2.05, 4.69) is 35.9 Å². The number of H-pyrrole nitrogens is 1. The zero-order valence-corrected chi connectivity index (χ0v) is 10.7. The van der Waals surface area contributed by atoms with Gasteiger partial charge in [-0.3, -0.25) is 0 Å². The lowest BCUT2D eigenvalue weighted by molar-refractivity contribution is 0.466. The molecule has 0 aliphatic heterocycles. The summed E-state index contributed by atoms with van der Waals surface area (Å²) < 4.78 is 6.48. The minimum Gasteiger partial charge on any atom is -0.434 e. The largest absolute Gasteiger partial charge is 0.434 e. The summed E-state index contributed by atoms with van der Waals surface area (Å²) >= 11 is 3.39. The van der Waals surface area contributed by atoms with E-state index in [4.69, 9.17) is 10.5 Å². The molecule has 3 N–H and O–H groups in total. The van der Waals surface area contributed by atoms with Gasteiger partial charge in [0, 0.05) is 0 Å². The molecule has 0 radical (unpaired) electrons. The van der Waals surface area contributed by atoms with Crippen molar-refractivity contribution in [1.82, 2.24) is 19.9 Å². The van der Waals surface area contributed by atoms with Gasteiger partial charge < -0.3 is 15.5 Å². The molecule has 0 amide bonds. The first kappa shape index (κ1) is 11.0. The number of imidazole rings is 1. The van der Waals surface area contributed by atoms with Crippen molar-refractivity contribution in [2.75, 3.05) is 5.73 Å². The van der Waals surface area contributed by atoms with Crippen LogP contribution in [0.5, 0.6) is 11.6 Å². The van der Waals surface area contributed by atoms with Crippen molar-refractivity contribution in [3.05, 3.63) is 35.3 Å². The van der Waals surface area contributed by atoms with Gasteiger partial charge in [0.15, 0.2) is 11.4 Å². The Morgan fingerprint density at radius 3 is 2.94 bits per heavy atom. The fourth-order valence-corrected chi connectivity index (χ4v) is 2.01. The summed E-state index contributed by atoms with van der Waals surface area (Å²) in [6, 6.07) is 5.43. The third kappa shape index (κ3) is 1.78. The first-order chi connectivity index (χ1) is 8.75. The number of rotatable bonds is 2. The molecule has 0 bridgehead atoms. The third-order valence-electron chi connectivity index (χ3n) is 2.38. The molecule has 0 unspecified atom stereocenters. The van der Waals surface area contributed by atoms with Crippen molar-refractivity contribution in [1.29, 1.82) is 0 Å². The number of nitrogens with one attached hydrogen (secondary N) is 1. The van der Waals surface area contributed by atoms with Gasteiger partial charge in [0.2, 0.25) is 5.88 Å². The summed E-state index contributed by atoms with van der Waals surface area (Å²) in [5.41, 5.74) is 7.57. The Labute approximate surface area is 110 Å². The van der Waals surface area contributed by atoms with E-state index in [-0.39, 0.29) is 0 Å². The maximum Gasteiger partial charge on any atom is 0.248 e. The van der Waals surface area contributed by atoms with Crippen molar-refractivity contribution in [2.45, 2.75) is 0 Å². The summed E-state index contributed by atoms with van der Waals surface area (Å²) in [5.74, 6) is 0.906. The number of nitrogens with zero attached hydrogens (tertiary/aromatic N) is 3. The Hall–Kier alpha value is -2.15. The molecule has 6 nitrogen and oxygen atoms in total. The average Bonchev–Trinajstić information content (AvgIpc) is 2.83. The standard InChI is InChI=1S/C11H8BrN5O/c12-6-2-1-3-7(13)9(6)18-11-8-10(15-4-14-8)16-5-17-11/h1-5H,13H2,(H,14,15,16,17). The minimum atomic E-state index is 0.385. The van der Waals surface area contributed by atoms with Gasteiger partial charge >= 0.3 is 0 Å². The van der Waals surface area contributed by atoms with Crippen molar-refractivity contribution in [3.8, 4) is 11.6 Å². The maximum atomic E-state index is 5.86. The second-order valence-corrected chi connectivity index (χ2v) is 4.39. The van der Waals surface area contributed by atoms with Gasteiger partial charge in [-0.1, -0.05) is 6.07 Å². The van der Waals surface area contributed by atoms with Gasteiger partial charge in [0.25, 0.3) is 0 Å². The molecule has 7 heteroatoms. The molecule has 0 aliphatic rings. The summed E-state index contributed by atoms with van der Waals surface area (Å²) in [6.45, 7) is 0. The van der Waals surface area contributed by atoms with Gasteiger partial charge in [-0.25, -0.2) is 9.97 Å². The van der Waals surface area contributed by atoms with E-state index >= 15 is 0 Å². The Kier molecular flexibility index (Phi) is 2.60. The number of halogens is 1. The number of hydrogen-bond donors (Lipinski definition) is 2. The lowest BCUT2D eigenvalue weighted by Gasteiger charge is -2.09. The molecular weight excluding hydrogens is 298 g/mol. The molecule has 0 saturated heterocycles. The predicted molar refractivity (Wildman–Crippen MR) is 70.3 cm³/mol. The highest BCUT2D eigenvalue weighted by Gasteiger charge is 2.12. The number of aromatic amines is 1. The van der Waals surface area contributed by atoms with E-state index in [9.17, 15) is 0 Å². The summed E-state index contributed by atoms with van der Waals surface area (Å²) in [7, 11) is 0. The number of fused-ring (bicyclic) bond motifs is 1. The lowest BCUT2D eigenvalue weighted by Crippen LogP contribution is -1.95. The summed E-state index contributed by atoms with van der Waals surface area (Å²) in [4.78, 5) is 15.1. The number of hydrogen-bond acceptors (Lipinski definition) is 5. The van der Waals surface area contributed by atoms with E-state index < -0.39 is 0 Å². The van der Waals surface area contributed by atoms with Crippen molar-refractivity contribution >= 4 is 32.8 Å². The Bertz CT molecular complexity index is 691. The number of para-hydroxylation sites is 1. The van der Waals surface area contributed by atoms with Crippen LogP contribution < -0.4 is 10.5 Å². The fraction of sp³-hybridized carbons (Fsp3) is 0. The average molecular weight is 306 g/mol. The summed E-state index contributed by atoms with van der Waals surface area (Å²) in [5, 5.41) is 0. The highest BCUT2D eigenvalue weighted by molar-refractivity contribution is 9.10. The molecule has 0 saturated carbocycles. The van der Waals surface area contributed by atoms with Crippen LogP contribution in [0.1, 0.15) is 0 Å². The topological polar surface area (TPSA) is 89.7 Å². The van der Waals surface area contributed by atoms with Gasteiger partial charge in [-0.15, -0.1) is 0 Å². The van der Waals surface area contributed by atoms with E-state index in [1.807, 2.05) is 12.1 Å². The smallest absolute Gasteiger partial charge is 0.248 e. The highest BCUT2D eigenvalue weighted by atomic mass is 79.9. The molecular formula is C11H8BrN5O. The zero-order chi connectivity index (χ0) is 12.5. The Balaban J connectivity index is 2.09. The van der Waals surface area contributed by atoms with E-state index in [1.165, 1.54) is 12.7 Å². The molecule has 18 heavy (non-hydrogen) atoms. The Morgan fingerprint density at radius 2 is 2.11 bits per heavy atom. The number of aromatic nitrogens is 4. The van der Waals surface area contributed by atoms with Gasteiger partial charge in [0.05, 0.1) is 16.5 Å². The first-order valence-electron chi connectivity index (χ1n) is 5.11. The van der Waals surface area contributed by atoms with Crippen LogP contribution in [0.4, 0.5) is 5.69 Å². The van der Waals surface area contributed by atoms with Gasteiger partial charge in [0.1, 0.15) is 11.8 Å². The molecule has 0 fully saturated rings. The number of nitrogen functional groups attached to an aromatic ring is 1. The van der Waals surface area contributed by atoms with Crippen LogP contribution in [0.2, 0.25) is 0 Å². The molecule has 0 aliphatic carbocycles. The van der Waals surface area contributed by atoms with Crippen LogP contribution >= 0.6 is 15.9 Å². The molecule has 1 aromatic carbocycles. The first-order valence-corrected chi connectivity index (χ1v) is 5.91. The number of ether oxygens (including phenoxy) is 1. The molecule has 0 atom stereocenters. The van der Waals surface area contributed by atoms with Crippen LogP contribution in [-0.2, 0) is 0 Å². The second-order valence-electron chi connectivity index (χ2n) is 3.54. The minimum absolute atomic E-state index is 0.385. The Morgan fingerprint density at radius 1 is 1.22 bits per heavy atom. The van der Waals surface area contributed by atoms with Crippen LogP contribution in [0.25, 0.3) is 11.2 Å². The third-order valence-corrected chi connectivity index (χ3v) is 3.01. The van der Waals surface area contributed by atoms with Gasteiger partial charge in [-0.2, -0.15) is 4.98 Å². The van der Waals surface area contributed by atoms with E-state index in [0.717, 1.165) is 4.47 Å². The van der Waals surface area contributed by atoms with Crippen molar-refractivity contribution in [3.63, 3.8) is 0 Å². The second kappa shape index (κ2) is 4.26. The zero-order valence-electron chi connectivity index (χ0n) is 9.09. The van der Waals surface area contributed by atoms with Crippen molar-refractivity contribution < 1.29 is 4.74 Å². The monoisotopic (exact) mass is 305 g/mol. The molecule has 3 aromatic rings. The number of anilines is 1. The molecule has 0 spiro atoms. The normalized spacial score (nSPS) is 10.7. The fourth-order valence-electron chi connectivity index (χ4n) is 1.55. The molecule has 90 valence electrons. The van der Waals surface area contributed by atoms with E-state index in [1.54, 1.807) is 6.07 Å². The maximum absolute atomic E-state index is 5.86. The SMILES string of the molecule is Nc1cccc(Br)c1Oc1ncnc2nc[nH]c12. The van der Waals surface area contributed by atoms with Gasteiger partial charge in [-0.05, 0) is 28.1 Å². The van der Waals surface area contributed by atoms with Crippen LogP contribution in [-0.4, -0.2) is 19.9 Å². The molecule has 2 heterocycles. The molecule has 2 aromatic heterocycles. The quantitative estimate of drug-likeness (QED) is 0.710. The number of nitrogens with two attached hydrogens (primary N) is 1. The van der Waals surface area contributed by atoms with Crippen LogP contribution in [0, 0.1) is 0 Å². The predicted octanol–water partition coefficient (Wildman–Crippen LogP) is 2.49. The molecule has 3 rings (SSSR count). The van der Waals surface area contributed by atoms with E-state index in [0.29, 0.717) is 28.5 Å². The van der Waals surface area contributed by atoms with Crippen LogP contribution in [0.15, 0.2) is 35.3 Å². The van der Waals surface area contributed by atoms with Crippen LogP contribution in [0.3, 0.4) is 0 Å². The number of benzene rings is 1.